The van der Waals surface area contributed by atoms with Crippen molar-refractivity contribution in [3.63, 3.8) is 0 Å². The van der Waals surface area contributed by atoms with Crippen LogP contribution in [0.25, 0.3) is 0 Å². The average Bonchev–Trinajstić information content (AvgIpc) is 3.44. The maximum atomic E-state index is 11.9. The van der Waals surface area contributed by atoms with Crippen molar-refractivity contribution in [1.29, 1.82) is 0 Å². The average molecular weight is 620 g/mol. The van der Waals surface area contributed by atoms with E-state index >= 15 is 0 Å². The molecule has 2 aliphatic rings. The molecule has 0 spiro atoms. The monoisotopic (exact) mass is 620 g/mol. The van der Waals surface area contributed by atoms with Crippen LogP contribution in [0.5, 0.6) is 0 Å². The molecule has 1 amide bonds. The second kappa shape index (κ2) is 13.2. The molecular formula is C22H26I2N2O3. The molecule has 7 heteroatoms. The summed E-state index contributed by atoms with van der Waals surface area (Å²) in [4.78, 5) is 24.2. The van der Waals surface area contributed by atoms with Crippen LogP contribution in [0.2, 0.25) is 0 Å². The van der Waals surface area contributed by atoms with Gasteiger partial charge in [0, 0.05) is 25.8 Å². The Morgan fingerprint density at radius 1 is 0.828 bits per heavy atom. The largest absolute Gasteiger partial charge is 0.478 e. The van der Waals surface area contributed by atoms with Gasteiger partial charge >= 0.3 is 5.97 Å². The number of halogens is 2. The Kier molecular flexibility index (Phi) is 10.9. The third-order valence-corrected chi connectivity index (χ3v) is 5.84. The predicted octanol–water partition coefficient (Wildman–Crippen LogP) is 4.89. The number of carboxylic acid groups (broad SMARTS) is 1. The molecule has 2 aromatic carbocycles. The van der Waals surface area contributed by atoms with E-state index in [4.69, 9.17) is 5.11 Å². The number of hydrogen-bond donors (Lipinski definition) is 2. The number of nitrogens with one attached hydrogen (secondary N) is 1. The molecule has 2 aliphatic heterocycles. The summed E-state index contributed by atoms with van der Waals surface area (Å²) in [7, 11) is 0. The lowest BCUT2D eigenvalue weighted by Crippen LogP contribution is -2.27. The second-order valence-electron chi connectivity index (χ2n) is 6.78. The van der Waals surface area contributed by atoms with Crippen LogP contribution in [-0.2, 0) is 0 Å². The van der Waals surface area contributed by atoms with Gasteiger partial charge in [-0.05, 0) is 120 Å². The summed E-state index contributed by atoms with van der Waals surface area (Å²) in [6.07, 6.45) is 5.07. The Bertz CT molecular complexity index is 797. The van der Waals surface area contributed by atoms with Crippen LogP contribution >= 0.6 is 45.2 Å². The molecule has 0 unspecified atom stereocenters. The number of carboxylic acids is 1. The van der Waals surface area contributed by atoms with Crippen molar-refractivity contribution in [1.82, 2.24) is 10.2 Å². The van der Waals surface area contributed by atoms with E-state index in [1.165, 1.54) is 25.9 Å². The Morgan fingerprint density at radius 3 is 1.76 bits per heavy atom. The van der Waals surface area contributed by atoms with E-state index in [1.807, 2.05) is 35.2 Å². The Labute approximate surface area is 199 Å². The molecule has 2 N–H and O–H groups in total. The topological polar surface area (TPSA) is 69.6 Å². The number of hydrogen-bond acceptors (Lipinski definition) is 3. The van der Waals surface area contributed by atoms with Crippen LogP contribution < -0.4 is 5.32 Å². The summed E-state index contributed by atoms with van der Waals surface area (Å²) in [6.45, 7) is 4.34. The van der Waals surface area contributed by atoms with Gasteiger partial charge in [0.15, 0.2) is 0 Å². The lowest BCUT2D eigenvalue weighted by atomic mass is 10.2. The number of benzene rings is 2. The molecule has 29 heavy (non-hydrogen) atoms. The first-order chi connectivity index (χ1) is 14.0. The maximum absolute atomic E-state index is 11.9. The fourth-order valence-electron chi connectivity index (χ4n) is 2.97. The lowest BCUT2D eigenvalue weighted by Gasteiger charge is -2.14. The minimum atomic E-state index is -0.876. The van der Waals surface area contributed by atoms with E-state index in [0.717, 1.165) is 38.6 Å². The summed E-state index contributed by atoms with van der Waals surface area (Å²) < 4.78 is 2.06. The smallest absolute Gasteiger partial charge is 0.335 e. The highest BCUT2D eigenvalue weighted by Crippen LogP contribution is 2.14. The molecule has 2 heterocycles. The van der Waals surface area contributed by atoms with Crippen molar-refractivity contribution in [2.75, 3.05) is 26.2 Å². The van der Waals surface area contributed by atoms with Crippen molar-refractivity contribution in [3.8, 4) is 0 Å². The van der Waals surface area contributed by atoms with Gasteiger partial charge in [-0.15, -0.1) is 0 Å². The van der Waals surface area contributed by atoms with E-state index in [-0.39, 0.29) is 5.91 Å². The third kappa shape index (κ3) is 9.00. The fraction of sp³-hybridized carbons (Fsp3) is 0.364. The van der Waals surface area contributed by atoms with E-state index in [0.29, 0.717) is 5.56 Å². The third-order valence-electron chi connectivity index (χ3n) is 4.49. The van der Waals surface area contributed by atoms with Gasteiger partial charge in [0.2, 0.25) is 0 Å². The van der Waals surface area contributed by atoms with Gasteiger partial charge in [-0.3, -0.25) is 4.79 Å². The zero-order valence-electron chi connectivity index (χ0n) is 16.2. The van der Waals surface area contributed by atoms with E-state index in [2.05, 4.69) is 50.5 Å². The molecule has 156 valence electrons. The zero-order valence-corrected chi connectivity index (χ0v) is 20.6. The van der Waals surface area contributed by atoms with Gasteiger partial charge in [0.25, 0.3) is 5.91 Å². The van der Waals surface area contributed by atoms with Crippen LogP contribution in [0.15, 0.2) is 48.5 Å². The highest BCUT2D eigenvalue weighted by Gasteiger charge is 2.19. The number of aromatic carboxylic acids is 1. The molecule has 0 atom stereocenters. The number of nitrogens with zero attached hydrogens (tertiary/aromatic N) is 1. The summed E-state index contributed by atoms with van der Waals surface area (Å²) in [6, 6.07) is 14.6. The molecule has 0 saturated carbocycles. The molecule has 0 bridgehead atoms. The second-order valence-corrected chi connectivity index (χ2v) is 9.27. The minimum Gasteiger partial charge on any atom is -0.478 e. The van der Waals surface area contributed by atoms with E-state index < -0.39 is 5.97 Å². The number of amides is 1. The van der Waals surface area contributed by atoms with Gasteiger partial charge in [-0.25, -0.2) is 4.79 Å². The molecule has 2 saturated heterocycles. The normalized spacial score (nSPS) is 15.0. The van der Waals surface area contributed by atoms with Gasteiger partial charge in [-0.2, -0.15) is 0 Å². The van der Waals surface area contributed by atoms with Crippen molar-refractivity contribution >= 4 is 57.1 Å². The summed E-state index contributed by atoms with van der Waals surface area (Å²) in [5.41, 5.74) is 1.16. The van der Waals surface area contributed by atoms with Crippen LogP contribution in [0.3, 0.4) is 0 Å². The summed E-state index contributed by atoms with van der Waals surface area (Å²) in [5.74, 6) is -0.695. The Hall–Kier alpha value is -1.20. The highest BCUT2D eigenvalue weighted by atomic mass is 127. The maximum Gasteiger partial charge on any atom is 0.335 e. The Balaban J connectivity index is 0.000000173. The minimum absolute atomic E-state index is 0.181. The Morgan fingerprint density at radius 2 is 1.34 bits per heavy atom. The van der Waals surface area contributed by atoms with Crippen LogP contribution in [0.4, 0.5) is 0 Å². The number of carbonyl (C=O) groups is 2. The molecule has 0 aromatic heterocycles. The van der Waals surface area contributed by atoms with E-state index in [1.54, 1.807) is 18.2 Å². The molecule has 2 fully saturated rings. The first-order valence-corrected chi connectivity index (χ1v) is 11.9. The number of rotatable bonds is 2. The first kappa shape index (κ1) is 24.1. The SMILES string of the molecule is C1CCNC1.O=C(O)c1cccc(I)c1.O=C(c1cccc(I)c1)N1CCCC1. The summed E-state index contributed by atoms with van der Waals surface area (Å²) >= 11 is 4.31. The van der Waals surface area contributed by atoms with Gasteiger partial charge in [-0.1, -0.05) is 12.1 Å². The molecule has 5 nitrogen and oxygen atoms in total. The fourth-order valence-corrected chi connectivity index (χ4v) is 4.06. The van der Waals surface area contributed by atoms with Crippen LogP contribution in [-0.4, -0.2) is 48.1 Å². The standard InChI is InChI=1S/C11H12INO.C7H5IO2.C4H9N/c12-10-5-3-4-9(8-10)11(14)13-6-1-2-7-13;8-6-3-1-2-5(4-6)7(9)10;1-2-4-5-3-1/h3-5,8H,1-2,6-7H2;1-4H,(H,9,10);5H,1-4H2. The van der Waals surface area contributed by atoms with Gasteiger partial charge in [0.1, 0.15) is 0 Å². The highest BCUT2D eigenvalue weighted by molar-refractivity contribution is 14.1. The molecule has 0 aliphatic carbocycles. The summed E-state index contributed by atoms with van der Waals surface area (Å²) in [5, 5.41) is 11.7. The first-order valence-electron chi connectivity index (χ1n) is 9.72. The lowest BCUT2D eigenvalue weighted by molar-refractivity contribution is 0.0696. The van der Waals surface area contributed by atoms with Crippen molar-refractivity contribution in [2.45, 2.75) is 25.7 Å². The predicted molar refractivity (Wildman–Crippen MR) is 133 cm³/mol. The molecular weight excluding hydrogens is 594 g/mol. The van der Waals surface area contributed by atoms with Crippen molar-refractivity contribution < 1.29 is 14.7 Å². The van der Waals surface area contributed by atoms with Crippen LogP contribution in [0.1, 0.15) is 46.4 Å². The van der Waals surface area contributed by atoms with Crippen molar-refractivity contribution in [3.05, 3.63) is 66.8 Å². The molecule has 4 rings (SSSR count). The number of likely N-dealkylation sites (tertiary alicyclic amines) is 1. The molecule has 2 aromatic rings. The number of carbonyl (C=O) groups excluding carboxylic acids is 1. The van der Waals surface area contributed by atoms with E-state index in [9.17, 15) is 9.59 Å². The van der Waals surface area contributed by atoms with Crippen LogP contribution in [0, 0.1) is 7.14 Å². The van der Waals surface area contributed by atoms with Crippen molar-refractivity contribution in [2.24, 2.45) is 0 Å². The van der Waals surface area contributed by atoms with Gasteiger partial charge in [0.05, 0.1) is 5.56 Å². The molecule has 0 radical (unpaired) electrons. The zero-order chi connectivity index (χ0) is 21.1. The quantitative estimate of drug-likeness (QED) is 0.470. The van der Waals surface area contributed by atoms with Gasteiger partial charge < -0.3 is 15.3 Å².